The van der Waals surface area contributed by atoms with Gasteiger partial charge in [0.25, 0.3) is 10.0 Å². The van der Waals surface area contributed by atoms with Gasteiger partial charge in [-0.1, -0.05) is 23.7 Å². The number of anilines is 1. The molecular formula is C29H31ClN2O7S. The first-order valence-electron chi connectivity index (χ1n) is 12.8. The predicted octanol–water partition coefficient (Wildman–Crippen LogP) is 5.88. The maximum atomic E-state index is 13.7. The summed E-state index contributed by atoms with van der Waals surface area (Å²) in [6.07, 6.45) is 1.90. The molecule has 2 heterocycles. The number of fused-ring (bicyclic) bond motifs is 1. The standard InChI is InChI=1S/C29H31ClN2O7S/c1-5-32(40(35,36)24-13-14-26-25(17-24)19(3)28(39-26)29(34)37-6-2)22-11-9-21(10-12-22)16-27(30)31(20(4)33)18-23-8-7-15-38-23/h7-15,17,27H,5-6,16,18H2,1-4H3. The van der Waals surface area contributed by atoms with E-state index >= 15 is 0 Å². The number of sulfonamides is 1. The quantitative estimate of drug-likeness (QED) is 0.122. The summed E-state index contributed by atoms with van der Waals surface area (Å²) in [6, 6.07) is 15.1. The van der Waals surface area contributed by atoms with Crippen molar-refractivity contribution in [1.82, 2.24) is 4.90 Å². The van der Waals surface area contributed by atoms with Crippen molar-refractivity contribution >= 4 is 50.2 Å². The van der Waals surface area contributed by atoms with E-state index < -0.39 is 21.5 Å². The maximum Gasteiger partial charge on any atom is 0.374 e. The van der Waals surface area contributed by atoms with Crippen LogP contribution in [0, 0.1) is 6.92 Å². The van der Waals surface area contributed by atoms with E-state index in [2.05, 4.69) is 0 Å². The summed E-state index contributed by atoms with van der Waals surface area (Å²) in [5.74, 6) is -0.0988. The number of hydrogen-bond acceptors (Lipinski definition) is 7. The topological polar surface area (TPSA) is 110 Å². The van der Waals surface area contributed by atoms with E-state index in [1.54, 1.807) is 63.2 Å². The zero-order valence-electron chi connectivity index (χ0n) is 22.7. The van der Waals surface area contributed by atoms with Crippen molar-refractivity contribution < 1.29 is 31.6 Å². The molecule has 0 aliphatic rings. The van der Waals surface area contributed by atoms with Gasteiger partial charge in [0, 0.05) is 30.8 Å². The van der Waals surface area contributed by atoms with Crippen LogP contribution in [-0.4, -0.2) is 43.8 Å². The lowest BCUT2D eigenvalue weighted by Gasteiger charge is -2.26. The van der Waals surface area contributed by atoms with E-state index in [4.69, 9.17) is 25.2 Å². The lowest BCUT2D eigenvalue weighted by molar-refractivity contribution is -0.130. The number of amides is 1. The molecule has 11 heteroatoms. The second-order valence-electron chi connectivity index (χ2n) is 9.14. The van der Waals surface area contributed by atoms with Crippen molar-refractivity contribution in [2.75, 3.05) is 17.5 Å². The molecule has 2 aromatic carbocycles. The highest BCUT2D eigenvalue weighted by molar-refractivity contribution is 7.92. The van der Waals surface area contributed by atoms with Crippen molar-refractivity contribution in [3.63, 3.8) is 0 Å². The van der Waals surface area contributed by atoms with Gasteiger partial charge in [0.2, 0.25) is 11.7 Å². The minimum absolute atomic E-state index is 0.0550. The fourth-order valence-corrected chi connectivity index (χ4v) is 6.34. The van der Waals surface area contributed by atoms with E-state index in [0.717, 1.165) is 5.56 Å². The number of nitrogens with zero attached hydrogens (tertiary/aromatic N) is 2. The summed E-state index contributed by atoms with van der Waals surface area (Å²) in [7, 11) is -3.94. The lowest BCUT2D eigenvalue weighted by atomic mass is 10.1. The lowest BCUT2D eigenvalue weighted by Crippen LogP contribution is -2.36. The average molecular weight is 587 g/mol. The molecule has 40 heavy (non-hydrogen) atoms. The fourth-order valence-electron chi connectivity index (χ4n) is 4.45. The maximum absolute atomic E-state index is 13.7. The molecule has 0 N–H and O–H groups in total. The van der Waals surface area contributed by atoms with Crippen LogP contribution < -0.4 is 4.31 Å². The molecule has 0 aliphatic carbocycles. The van der Waals surface area contributed by atoms with Crippen LogP contribution in [0.25, 0.3) is 11.0 Å². The highest BCUT2D eigenvalue weighted by atomic mass is 35.5. The monoisotopic (exact) mass is 586 g/mol. The van der Waals surface area contributed by atoms with Gasteiger partial charge < -0.3 is 18.5 Å². The molecular weight excluding hydrogens is 556 g/mol. The number of carbonyl (C=O) groups excluding carboxylic acids is 2. The van der Waals surface area contributed by atoms with Gasteiger partial charge in [-0.3, -0.25) is 9.10 Å². The number of benzene rings is 2. The number of alkyl halides is 1. The van der Waals surface area contributed by atoms with Crippen LogP contribution in [0.1, 0.15) is 48.2 Å². The minimum atomic E-state index is -3.94. The number of halogens is 1. The first-order valence-corrected chi connectivity index (χ1v) is 14.7. The SMILES string of the molecule is CCOC(=O)c1oc2ccc(S(=O)(=O)N(CC)c3ccc(CC(Cl)N(Cc4ccco4)C(C)=O)cc3)cc2c1C. The van der Waals surface area contributed by atoms with Gasteiger partial charge in [-0.2, -0.15) is 0 Å². The molecule has 0 spiro atoms. The van der Waals surface area contributed by atoms with Gasteiger partial charge in [0.1, 0.15) is 16.8 Å². The summed E-state index contributed by atoms with van der Waals surface area (Å²) >= 11 is 6.60. The molecule has 0 aliphatic heterocycles. The van der Waals surface area contributed by atoms with Gasteiger partial charge >= 0.3 is 5.97 Å². The Morgan fingerprint density at radius 3 is 2.40 bits per heavy atom. The van der Waals surface area contributed by atoms with Crippen LogP contribution in [0.3, 0.4) is 0 Å². The van der Waals surface area contributed by atoms with Crippen molar-refractivity contribution in [3.8, 4) is 0 Å². The molecule has 1 atom stereocenters. The number of rotatable bonds is 11. The van der Waals surface area contributed by atoms with Crippen LogP contribution in [0.5, 0.6) is 0 Å². The molecule has 1 amide bonds. The Hall–Kier alpha value is -3.76. The number of esters is 1. The third kappa shape index (κ3) is 6.03. The van der Waals surface area contributed by atoms with Gasteiger partial charge in [-0.15, -0.1) is 0 Å². The summed E-state index contributed by atoms with van der Waals surface area (Å²) < 4.78 is 44.7. The number of carbonyl (C=O) groups is 2. The summed E-state index contributed by atoms with van der Waals surface area (Å²) in [5.41, 5.74) is 1.61. The van der Waals surface area contributed by atoms with Crippen LogP contribution in [0.4, 0.5) is 5.69 Å². The molecule has 0 bridgehead atoms. The average Bonchev–Trinajstić information content (AvgIpc) is 3.56. The Labute approximate surface area is 238 Å². The van der Waals surface area contributed by atoms with Crippen molar-refractivity contribution in [2.24, 2.45) is 0 Å². The largest absolute Gasteiger partial charge is 0.467 e. The van der Waals surface area contributed by atoms with Crippen LogP contribution in [0.2, 0.25) is 0 Å². The second-order valence-corrected chi connectivity index (χ2v) is 11.5. The molecule has 0 fully saturated rings. The van der Waals surface area contributed by atoms with Crippen molar-refractivity contribution in [2.45, 2.75) is 51.1 Å². The summed E-state index contributed by atoms with van der Waals surface area (Å²) in [5, 5.41) is 0.522. The van der Waals surface area contributed by atoms with Crippen molar-refractivity contribution in [3.05, 3.63) is 83.5 Å². The van der Waals surface area contributed by atoms with Crippen LogP contribution in [0.15, 0.2) is 74.6 Å². The fraction of sp³-hybridized carbons (Fsp3) is 0.310. The number of ether oxygens (including phenoxy) is 1. The number of furan rings is 2. The van der Waals surface area contributed by atoms with Gasteiger partial charge in [-0.05, 0) is 68.8 Å². The molecule has 2 aromatic heterocycles. The molecule has 4 rings (SSSR count). The smallest absolute Gasteiger partial charge is 0.374 e. The Balaban J connectivity index is 1.55. The van der Waals surface area contributed by atoms with Crippen LogP contribution >= 0.6 is 11.6 Å². The Morgan fingerprint density at radius 1 is 1.07 bits per heavy atom. The molecule has 0 radical (unpaired) electrons. The summed E-state index contributed by atoms with van der Waals surface area (Å²) in [6.45, 7) is 7.23. The number of hydrogen-bond donors (Lipinski definition) is 0. The third-order valence-electron chi connectivity index (χ3n) is 6.52. The van der Waals surface area contributed by atoms with E-state index in [1.165, 1.54) is 34.5 Å². The Morgan fingerprint density at radius 2 is 1.80 bits per heavy atom. The van der Waals surface area contributed by atoms with Gasteiger partial charge in [0.05, 0.1) is 30.0 Å². The minimum Gasteiger partial charge on any atom is -0.467 e. The molecule has 1 unspecified atom stereocenters. The third-order valence-corrected chi connectivity index (χ3v) is 8.81. The van der Waals surface area contributed by atoms with E-state index in [0.29, 0.717) is 34.4 Å². The summed E-state index contributed by atoms with van der Waals surface area (Å²) in [4.78, 5) is 26.0. The zero-order chi connectivity index (χ0) is 29.0. The Kier molecular flexibility index (Phi) is 8.90. The van der Waals surface area contributed by atoms with Gasteiger partial charge in [0.15, 0.2) is 0 Å². The second kappa shape index (κ2) is 12.2. The normalized spacial score (nSPS) is 12.3. The van der Waals surface area contributed by atoms with Crippen molar-refractivity contribution in [1.29, 1.82) is 0 Å². The predicted molar refractivity (Wildman–Crippen MR) is 152 cm³/mol. The Bertz CT molecular complexity index is 1600. The first-order chi connectivity index (χ1) is 19.1. The molecule has 4 aromatic rings. The molecule has 212 valence electrons. The highest BCUT2D eigenvalue weighted by Crippen LogP contribution is 2.31. The van der Waals surface area contributed by atoms with Gasteiger partial charge in [-0.25, -0.2) is 13.2 Å². The number of aryl methyl sites for hydroxylation is 1. The zero-order valence-corrected chi connectivity index (χ0v) is 24.3. The van der Waals surface area contributed by atoms with Crippen LogP contribution in [-0.2, 0) is 32.5 Å². The highest BCUT2D eigenvalue weighted by Gasteiger charge is 2.27. The van der Waals surface area contributed by atoms with E-state index in [1.807, 2.05) is 0 Å². The first kappa shape index (κ1) is 29.2. The molecule has 0 saturated heterocycles. The molecule has 9 nitrogen and oxygen atoms in total. The van der Waals surface area contributed by atoms with E-state index in [9.17, 15) is 18.0 Å². The molecule has 0 saturated carbocycles. The van der Waals surface area contributed by atoms with E-state index in [-0.39, 0.29) is 36.3 Å².